The van der Waals surface area contributed by atoms with Crippen molar-refractivity contribution in [2.24, 2.45) is 0 Å². The van der Waals surface area contributed by atoms with Crippen molar-refractivity contribution >= 4 is 27.6 Å². The zero-order chi connectivity index (χ0) is 9.68. The van der Waals surface area contributed by atoms with E-state index in [1.807, 2.05) is 30.3 Å². The third kappa shape index (κ3) is 3.47. The SMILES string of the molecule is O=C(P)[C@H](Cc1ccccc1)NS. The Hall–Kier alpha value is -0.370. The van der Waals surface area contributed by atoms with Crippen molar-refractivity contribution in [3.05, 3.63) is 35.9 Å². The van der Waals surface area contributed by atoms with Crippen molar-refractivity contribution in [3.8, 4) is 0 Å². The predicted molar refractivity (Wildman–Crippen MR) is 60.8 cm³/mol. The van der Waals surface area contributed by atoms with Crippen LogP contribution in [0.5, 0.6) is 0 Å². The van der Waals surface area contributed by atoms with Crippen LogP contribution >= 0.6 is 22.1 Å². The number of rotatable bonds is 4. The summed E-state index contributed by atoms with van der Waals surface area (Å²) in [6.07, 6.45) is 0.673. The fraction of sp³-hybridized carbons (Fsp3) is 0.222. The van der Waals surface area contributed by atoms with Gasteiger partial charge in [0.25, 0.3) is 0 Å². The molecule has 1 N–H and O–H groups in total. The lowest BCUT2D eigenvalue weighted by Gasteiger charge is -2.10. The average Bonchev–Trinajstić information content (AvgIpc) is 2.15. The number of hydrogen-bond acceptors (Lipinski definition) is 3. The highest BCUT2D eigenvalue weighted by Crippen LogP contribution is 2.06. The molecule has 2 nitrogen and oxygen atoms in total. The summed E-state index contributed by atoms with van der Waals surface area (Å²) in [7, 11) is 2.16. The zero-order valence-electron chi connectivity index (χ0n) is 7.10. The quantitative estimate of drug-likeness (QED) is 0.585. The van der Waals surface area contributed by atoms with E-state index in [1.165, 1.54) is 0 Å². The van der Waals surface area contributed by atoms with Crippen LogP contribution in [0.3, 0.4) is 0 Å². The second-order valence-corrected chi connectivity index (χ2v) is 3.60. The molecule has 0 radical (unpaired) electrons. The maximum Gasteiger partial charge on any atom is 0.166 e. The van der Waals surface area contributed by atoms with Crippen molar-refractivity contribution < 1.29 is 4.79 Å². The molecule has 0 aliphatic carbocycles. The average molecular weight is 213 g/mol. The Balaban J connectivity index is 2.62. The van der Waals surface area contributed by atoms with E-state index in [2.05, 4.69) is 26.8 Å². The Kier molecular flexibility index (Phi) is 4.43. The third-order valence-electron chi connectivity index (χ3n) is 1.78. The first-order chi connectivity index (χ1) is 6.24. The molecule has 13 heavy (non-hydrogen) atoms. The lowest BCUT2D eigenvalue weighted by Crippen LogP contribution is -2.29. The van der Waals surface area contributed by atoms with Crippen molar-refractivity contribution in [2.45, 2.75) is 12.5 Å². The van der Waals surface area contributed by atoms with E-state index in [0.717, 1.165) is 5.56 Å². The second kappa shape index (κ2) is 5.38. The summed E-state index contributed by atoms with van der Waals surface area (Å²) < 4.78 is 2.67. The molecule has 0 amide bonds. The maximum atomic E-state index is 11.0. The molecule has 0 fully saturated rings. The van der Waals surface area contributed by atoms with Crippen molar-refractivity contribution in [1.29, 1.82) is 0 Å². The standard InChI is InChI=1S/C9H12NOPS/c11-9(12)8(10-13)6-7-4-2-1-3-5-7/h1-5,8,10,13H,6,12H2/t8-/m0/s1. The Morgan fingerprint density at radius 1 is 1.46 bits per heavy atom. The molecular weight excluding hydrogens is 201 g/mol. The minimum Gasteiger partial charge on any atom is -0.293 e. The van der Waals surface area contributed by atoms with Crippen molar-refractivity contribution in [3.63, 3.8) is 0 Å². The first-order valence-corrected chi connectivity index (χ1v) is 4.99. The van der Waals surface area contributed by atoms with Gasteiger partial charge in [0.15, 0.2) is 5.52 Å². The van der Waals surface area contributed by atoms with E-state index >= 15 is 0 Å². The smallest absolute Gasteiger partial charge is 0.166 e. The molecule has 0 aliphatic rings. The Labute approximate surface area is 85.9 Å². The lowest BCUT2D eigenvalue weighted by atomic mass is 10.1. The van der Waals surface area contributed by atoms with Crippen LogP contribution in [0.1, 0.15) is 5.56 Å². The van der Waals surface area contributed by atoms with Gasteiger partial charge in [0.2, 0.25) is 0 Å². The Bertz CT molecular complexity index is 278. The van der Waals surface area contributed by atoms with Crippen LogP contribution < -0.4 is 4.72 Å². The van der Waals surface area contributed by atoms with Crippen LogP contribution in [0.4, 0.5) is 0 Å². The first-order valence-electron chi connectivity index (χ1n) is 3.97. The fourth-order valence-corrected chi connectivity index (χ4v) is 1.62. The minimum atomic E-state index is -0.226. The number of carbonyl (C=O) groups is 1. The molecule has 1 rings (SSSR count). The van der Waals surface area contributed by atoms with E-state index in [-0.39, 0.29) is 11.6 Å². The second-order valence-electron chi connectivity index (χ2n) is 2.77. The van der Waals surface area contributed by atoms with E-state index in [9.17, 15) is 4.79 Å². The number of nitrogens with one attached hydrogen (secondary N) is 1. The first kappa shape index (κ1) is 10.7. The summed E-state index contributed by atoms with van der Waals surface area (Å²) in [5, 5.41) is 0. The summed E-state index contributed by atoms with van der Waals surface area (Å²) in [5.41, 5.74) is 1.16. The van der Waals surface area contributed by atoms with Gasteiger partial charge in [-0.05, 0) is 12.0 Å². The van der Waals surface area contributed by atoms with Crippen molar-refractivity contribution in [1.82, 2.24) is 4.72 Å². The van der Waals surface area contributed by atoms with Gasteiger partial charge in [-0.1, -0.05) is 52.4 Å². The summed E-state index contributed by atoms with van der Waals surface area (Å²) >= 11 is 3.90. The molecule has 1 aromatic carbocycles. The molecule has 0 saturated carbocycles. The van der Waals surface area contributed by atoms with Crippen LogP contribution in [0.15, 0.2) is 30.3 Å². The molecule has 0 saturated heterocycles. The van der Waals surface area contributed by atoms with Gasteiger partial charge in [0.05, 0.1) is 6.04 Å². The molecule has 0 heterocycles. The highest BCUT2D eigenvalue weighted by molar-refractivity contribution is 7.78. The number of hydrogen-bond donors (Lipinski definition) is 2. The van der Waals surface area contributed by atoms with Gasteiger partial charge in [0.1, 0.15) is 0 Å². The van der Waals surface area contributed by atoms with Crippen LogP contribution in [-0.4, -0.2) is 11.6 Å². The van der Waals surface area contributed by atoms with Crippen LogP contribution in [0.2, 0.25) is 0 Å². The van der Waals surface area contributed by atoms with Crippen LogP contribution in [-0.2, 0) is 11.2 Å². The van der Waals surface area contributed by atoms with Gasteiger partial charge in [-0.15, -0.1) is 0 Å². The van der Waals surface area contributed by atoms with E-state index < -0.39 is 0 Å². The van der Waals surface area contributed by atoms with Gasteiger partial charge in [-0.3, -0.25) is 9.52 Å². The third-order valence-corrected chi connectivity index (χ3v) is 2.50. The van der Waals surface area contributed by atoms with Gasteiger partial charge in [-0.25, -0.2) is 0 Å². The number of carbonyl (C=O) groups excluding carboxylic acids is 1. The summed E-state index contributed by atoms with van der Waals surface area (Å²) in [5.74, 6) is 0. The summed E-state index contributed by atoms with van der Waals surface area (Å²) in [6.45, 7) is 0. The zero-order valence-corrected chi connectivity index (χ0v) is 9.15. The summed E-state index contributed by atoms with van der Waals surface area (Å²) in [4.78, 5) is 11.0. The molecule has 4 heteroatoms. The highest BCUT2D eigenvalue weighted by Gasteiger charge is 2.11. The highest BCUT2D eigenvalue weighted by atomic mass is 32.1. The molecule has 70 valence electrons. The number of benzene rings is 1. The molecule has 2 atom stereocenters. The molecule has 0 spiro atoms. The van der Waals surface area contributed by atoms with Gasteiger partial charge < -0.3 is 0 Å². The molecule has 1 unspecified atom stereocenters. The van der Waals surface area contributed by atoms with Crippen molar-refractivity contribution in [2.75, 3.05) is 0 Å². The number of thiol groups is 1. The maximum absolute atomic E-state index is 11.0. The fourth-order valence-electron chi connectivity index (χ4n) is 1.06. The predicted octanol–water partition coefficient (Wildman–Crippen LogP) is 1.43. The lowest BCUT2D eigenvalue weighted by molar-refractivity contribution is -0.112. The van der Waals surface area contributed by atoms with Gasteiger partial charge in [0, 0.05) is 0 Å². The monoisotopic (exact) mass is 213 g/mol. The largest absolute Gasteiger partial charge is 0.293 e. The Morgan fingerprint density at radius 3 is 2.54 bits per heavy atom. The van der Waals surface area contributed by atoms with Crippen LogP contribution in [0, 0.1) is 0 Å². The molecule has 1 aromatic rings. The molecule has 0 aliphatic heterocycles. The van der Waals surface area contributed by atoms with Gasteiger partial charge >= 0.3 is 0 Å². The molecular formula is C9H12NOPS. The normalized spacial score (nSPS) is 12.5. The Morgan fingerprint density at radius 2 is 2.08 bits per heavy atom. The van der Waals surface area contributed by atoms with Gasteiger partial charge in [-0.2, -0.15) is 0 Å². The van der Waals surface area contributed by atoms with E-state index in [0.29, 0.717) is 6.42 Å². The topological polar surface area (TPSA) is 29.1 Å². The van der Waals surface area contributed by atoms with Crippen LogP contribution in [0.25, 0.3) is 0 Å². The van der Waals surface area contributed by atoms with E-state index in [4.69, 9.17) is 0 Å². The minimum absolute atomic E-state index is 0.0267. The van der Waals surface area contributed by atoms with E-state index in [1.54, 1.807) is 0 Å². The molecule has 0 aromatic heterocycles. The summed E-state index contributed by atoms with van der Waals surface area (Å²) in [6, 6.07) is 9.62. The molecule has 0 bridgehead atoms.